The highest BCUT2D eigenvalue weighted by atomic mass is 14.8. The van der Waals surface area contributed by atoms with Gasteiger partial charge >= 0.3 is 5.69 Å². The van der Waals surface area contributed by atoms with Gasteiger partial charge in [-0.25, -0.2) is 0 Å². The molecule has 0 aliphatic heterocycles. The van der Waals surface area contributed by atoms with Crippen LogP contribution in [0.15, 0.2) is 30.3 Å². The van der Waals surface area contributed by atoms with Gasteiger partial charge in [0.2, 0.25) is 5.39 Å². The highest BCUT2D eigenvalue weighted by molar-refractivity contribution is 5.42. The van der Waals surface area contributed by atoms with Crippen molar-refractivity contribution in [1.82, 2.24) is 0 Å². The summed E-state index contributed by atoms with van der Waals surface area (Å²) < 4.78 is 0. The van der Waals surface area contributed by atoms with Gasteiger partial charge < -0.3 is 0 Å². The molecular formula is C12H23N2+. The van der Waals surface area contributed by atoms with Crippen LogP contribution >= 0.6 is 0 Å². The fraction of sp³-hybridized carbons (Fsp3) is 0.500. The highest BCUT2D eigenvalue weighted by Crippen LogP contribution is 2.07. The molecule has 0 unspecified atom stereocenters. The summed E-state index contributed by atoms with van der Waals surface area (Å²) in [7, 11) is 0. The molecule has 0 atom stereocenters. The van der Waals surface area contributed by atoms with Crippen molar-refractivity contribution >= 4 is 5.69 Å². The zero-order chi connectivity index (χ0) is 10.5. The van der Waals surface area contributed by atoms with Gasteiger partial charge in [-0.1, -0.05) is 59.7 Å². The van der Waals surface area contributed by atoms with E-state index in [4.69, 9.17) is 5.39 Å². The van der Waals surface area contributed by atoms with Crippen molar-refractivity contribution in [2.24, 2.45) is 0 Å². The van der Waals surface area contributed by atoms with E-state index in [1.54, 1.807) is 12.1 Å². The summed E-state index contributed by atoms with van der Waals surface area (Å²) in [5.74, 6) is 0. The number of benzene rings is 1. The summed E-state index contributed by atoms with van der Waals surface area (Å²) in [5.41, 5.74) is 0.590. The normalized spacial score (nSPS) is 6.21. The molecule has 0 saturated carbocycles. The molecule has 0 amide bonds. The van der Waals surface area contributed by atoms with E-state index in [0.29, 0.717) is 5.69 Å². The van der Waals surface area contributed by atoms with E-state index in [-0.39, 0.29) is 7.43 Å². The summed E-state index contributed by atoms with van der Waals surface area (Å²) >= 11 is 0. The van der Waals surface area contributed by atoms with Crippen LogP contribution < -0.4 is 0 Å². The van der Waals surface area contributed by atoms with E-state index in [9.17, 15) is 0 Å². The van der Waals surface area contributed by atoms with E-state index in [0.717, 1.165) is 0 Å². The number of rotatable bonds is 0. The van der Waals surface area contributed by atoms with Gasteiger partial charge in [-0.3, -0.25) is 0 Å². The van der Waals surface area contributed by atoms with Crippen molar-refractivity contribution in [2.75, 3.05) is 0 Å². The van der Waals surface area contributed by atoms with Gasteiger partial charge in [-0.05, 0) is 0 Å². The molecule has 0 aliphatic carbocycles. The van der Waals surface area contributed by atoms with Crippen LogP contribution in [0.4, 0.5) is 5.69 Å². The molecule has 2 heteroatoms. The molecule has 0 bridgehead atoms. The standard InChI is InChI=1S/C6H5N2.C3H8.C2H6.CH4/c7-8-6-4-2-1-3-5-6;1-3-2;1-2;/h1-5H;3H2,1-2H3;1-2H3;1H4/q+1;;;. The lowest BCUT2D eigenvalue weighted by Gasteiger charge is -1.69. The van der Waals surface area contributed by atoms with Gasteiger partial charge in [0.1, 0.15) is 0 Å². The first-order valence-corrected chi connectivity index (χ1v) is 4.75. The summed E-state index contributed by atoms with van der Waals surface area (Å²) in [6.07, 6.45) is 1.25. The molecule has 0 saturated heterocycles. The second-order valence-corrected chi connectivity index (χ2v) is 2.14. The Kier molecular flexibility index (Phi) is 23.2. The average Bonchev–Trinajstić information content (AvgIpc) is 2.23. The van der Waals surface area contributed by atoms with Crippen LogP contribution in [-0.4, -0.2) is 0 Å². The third-order valence-corrected chi connectivity index (χ3v) is 0.872. The van der Waals surface area contributed by atoms with Crippen LogP contribution in [0.5, 0.6) is 0 Å². The second-order valence-electron chi connectivity index (χ2n) is 2.14. The minimum absolute atomic E-state index is 0. The zero-order valence-corrected chi connectivity index (χ0v) is 8.99. The van der Waals surface area contributed by atoms with E-state index < -0.39 is 0 Å². The van der Waals surface area contributed by atoms with Gasteiger partial charge in [0, 0.05) is 12.1 Å². The minimum atomic E-state index is 0. The molecule has 1 aromatic carbocycles. The lowest BCUT2D eigenvalue weighted by molar-refractivity contribution is 1.09. The topological polar surface area (TPSA) is 28.1 Å². The van der Waals surface area contributed by atoms with Gasteiger partial charge in [0.25, 0.3) is 0 Å². The molecule has 0 radical (unpaired) electrons. The van der Waals surface area contributed by atoms with Crippen LogP contribution in [0.25, 0.3) is 4.98 Å². The van der Waals surface area contributed by atoms with Crippen LogP contribution in [0.1, 0.15) is 41.5 Å². The van der Waals surface area contributed by atoms with Crippen LogP contribution in [0, 0.1) is 5.39 Å². The van der Waals surface area contributed by atoms with Crippen LogP contribution in [0.3, 0.4) is 0 Å². The van der Waals surface area contributed by atoms with Crippen molar-refractivity contribution in [3.8, 4) is 0 Å². The molecule has 0 spiro atoms. The van der Waals surface area contributed by atoms with E-state index >= 15 is 0 Å². The largest absolute Gasteiger partial charge is 0.385 e. The maximum Gasteiger partial charge on any atom is 0.385 e. The molecule has 0 heterocycles. The zero-order valence-electron chi connectivity index (χ0n) is 8.99. The Hall–Kier alpha value is -1.36. The van der Waals surface area contributed by atoms with E-state index in [1.165, 1.54) is 6.42 Å². The van der Waals surface area contributed by atoms with Crippen molar-refractivity contribution < 1.29 is 0 Å². The minimum Gasteiger partial charge on any atom is -0.0776 e. The third-order valence-electron chi connectivity index (χ3n) is 0.872. The second kappa shape index (κ2) is 17.7. The Bertz CT molecular complexity index is 212. The first kappa shape index (κ1) is 18.4. The number of nitrogens with zero attached hydrogens (tertiary/aromatic N) is 2. The van der Waals surface area contributed by atoms with Crippen molar-refractivity contribution in [2.45, 2.75) is 41.5 Å². The molecule has 0 aliphatic rings. The molecule has 14 heavy (non-hydrogen) atoms. The predicted molar refractivity (Wildman–Crippen MR) is 65.2 cm³/mol. The lowest BCUT2D eigenvalue weighted by Crippen LogP contribution is -1.54. The molecule has 0 aromatic heterocycles. The Morgan fingerprint density at radius 1 is 1.07 bits per heavy atom. The fourth-order valence-corrected chi connectivity index (χ4v) is 0.495. The quantitative estimate of drug-likeness (QED) is 0.519. The van der Waals surface area contributed by atoms with Gasteiger partial charge in [-0.2, -0.15) is 0 Å². The number of diazo groups is 1. The number of hydrogen-bond acceptors (Lipinski definition) is 1. The number of hydrogen-bond donors (Lipinski definition) is 0. The average molecular weight is 195 g/mol. The summed E-state index contributed by atoms with van der Waals surface area (Å²) in [5, 5.41) is 8.16. The molecule has 0 N–H and O–H groups in total. The van der Waals surface area contributed by atoms with Gasteiger partial charge in [0.15, 0.2) is 4.98 Å². The first-order valence-electron chi connectivity index (χ1n) is 4.75. The Labute approximate surface area is 88.6 Å². The molecule has 1 rings (SSSR count). The molecule has 80 valence electrons. The molecular weight excluding hydrogens is 172 g/mol. The first-order chi connectivity index (χ1) is 6.35. The van der Waals surface area contributed by atoms with E-state index in [1.807, 2.05) is 32.0 Å². The lowest BCUT2D eigenvalue weighted by atomic mass is 10.3. The predicted octanol–water partition coefficient (Wildman–Crippen LogP) is 5.25. The maximum atomic E-state index is 8.16. The third kappa shape index (κ3) is 13.2. The SMILES string of the molecule is C.CC.CCC.N#[N+]c1ccccc1. The Balaban J connectivity index is -0.000000176. The van der Waals surface area contributed by atoms with Gasteiger partial charge in [-0.15, -0.1) is 0 Å². The van der Waals surface area contributed by atoms with Crippen molar-refractivity contribution in [3.05, 3.63) is 35.3 Å². The van der Waals surface area contributed by atoms with Crippen LogP contribution in [0.2, 0.25) is 0 Å². The summed E-state index contributed by atoms with van der Waals surface area (Å²) in [6, 6.07) is 8.94. The molecule has 0 fully saturated rings. The van der Waals surface area contributed by atoms with Gasteiger partial charge in [0.05, 0.1) is 0 Å². The Morgan fingerprint density at radius 3 is 1.64 bits per heavy atom. The Morgan fingerprint density at radius 2 is 1.43 bits per heavy atom. The van der Waals surface area contributed by atoms with Crippen LogP contribution in [-0.2, 0) is 0 Å². The monoisotopic (exact) mass is 195 g/mol. The maximum absolute atomic E-state index is 8.16. The van der Waals surface area contributed by atoms with E-state index in [2.05, 4.69) is 18.8 Å². The fourth-order valence-electron chi connectivity index (χ4n) is 0.495. The summed E-state index contributed by atoms with van der Waals surface area (Å²) in [6.45, 7) is 8.25. The highest BCUT2D eigenvalue weighted by Gasteiger charge is 1.95. The van der Waals surface area contributed by atoms with Crippen molar-refractivity contribution in [1.29, 1.82) is 5.39 Å². The van der Waals surface area contributed by atoms with Crippen molar-refractivity contribution in [3.63, 3.8) is 0 Å². The molecule has 1 aromatic rings. The smallest absolute Gasteiger partial charge is 0.0776 e. The summed E-state index contributed by atoms with van der Waals surface area (Å²) in [4.78, 5) is 2.97. The molecule has 2 nitrogen and oxygen atoms in total.